The van der Waals surface area contributed by atoms with Crippen molar-refractivity contribution in [2.45, 2.75) is 38.1 Å². The maximum Gasteiger partial charge on any atom is 0.227 e. The second-order valence-electron chi connectivity index (χ2n) is 5.30. The Bertz CT molecular complexity index is 446. The van der Waals surface area contributed by atoms with Crippen molar-refractivity contribution in [3.8, 4) is 5.75 Å². The minimum Gasteiger partial charge on any atom is -0.496 e. The molecule has 1 fully saturated rings. The first-order chi connectivity index (χ1) is 9.76. The number of likely N-dealkylation sites (tertiary alicyclic amines) is 1. The second-order valence-corrected chi connectivity index (χ2v) is 5.30. The van der Waals surface area contributed by atoms with Crippen molar-refractivity contribution in [2.75, 3.05) is 20.2 Å². The van der Waals surface area contributed by atoms with Crippen LogP contribution in [-0.2, 0) is 11.2 Å². The fourth-order valence-electron chi connectivity index (χ4n) is 2.93. The quantitative estimate of drug-likeness (QED) is 0.894. The Labute approximate surface area is 120 Å². The molecule has 0 aliphatic carbocycles. The summed E-state index contributed by atoms with van der Waals surface area (Å²) in [5.41, 5.74) is 6.62. The summed E-state index contributed by atoms with van der Waals surface area (Å²) in [5.74, 6) is 0.973. The number of carbonyl (C=O) groups excluding carboxylic acids is 1. The number of carbonyl (C=O) groups is 1. The van der Waals surface area contributed by atoms with E-state index in [1.807, 2.05) is 29.2 Å². The highest BCUT2D eigenvalue weighted by Gasteiger charge is 2.26. The number of nitrogens with two attached hydrogens (primary N) is 1. The average Bonchev–Trinajstić information content (AvgIpc) is 2.48. The van der Waals surface area contributed by atoms with Crippen LogP contribution in [0.2, 0.25) is 0 Å². The van der Waals surface area contributed by atoms with E-state index in [0.29, 0.717) is 19.0 Å². The van der Waals surface area contributed by atoms with Crippen LogP contribution in [0.25, 0.3) is 0 Å². The molecule has 0 aromatic heterocycles. The van der Waals surface area contributed by atoms with Gasteiger partial charge in [-0.3, -0.25) is 4.79 Å². The predicted molar refractivity (Wildman–Crippen MR) is 79.7 cm³/mol. The molecule has 1 amide bonds. The Hall–Kier alpha value is -1.55. The number of hydrogen-bond acceptors (Lipinski definition) is 3. The Kier molecular flexibility index (Phi) is 5.41. The van der Waals surface area contributed by atoms with Crippen LogP contribution in [-0.4, -0.2) is 37.0 Å². The van der Waals surface area contributed by atoms with E-state index in [1.165, 1.54) is 6.42 Å². The van der Waals surface area contributed by atoms with Gasteiger partial charge in [-0.1, -0.05) is 18.2 Å². The largest absolute Gasteiger partial charge is 0.496 e. The van der Waals surface area contributed by atoms with Crippen molar-refractivity contribution in [1.29, 1.82) is 0 Å². The van der Waals surface area contributed by atoms with E-state index in [2.05, 4.69) is 0 Å². The fraction of sp³-hybridized carbons (Fsp3) is 0.562. The van der Waals surface area contributed by atoms with Gasteiger partial charge >= 0.3 is 0 Å². The molecule has 2 rings (SSSR count). The number of hydrogen-bond donors (Lipinski definition) is 1. The Morgan fingerprint density at radius 3 is 2.95 bits per heavy atom. The number of rotatable bonds is 5. The zero-order chi connectivity index (χ0) is 14.4. The molecular weight excluding hydrogens is 252 g/mol. The predicted octanol–water partition coefficient (Wildman–Crippen LogP) is 1.97. The highest BCUT2D eigenvalue weighted by molar-refractivity contribution is 5.80. The average molecular weight is 276 g/mol. The molecule has 20 heavy (non-hydrogen) atoms. The number of para-hydroxylation sites is 1. The van der Waals surface area contributed by atoms with Crippen LogP contribution in [0, 0.1) is 0 Å². The number of benzene rings is 1. The van der Waals surface area contributed by atoms with Crippen LogP contribution in [0.4, 0.5) is 0 Å². The van der Waals surface area contributed by atoms with Gasteiger partial charge in [0.05, 0.1) is 13.5 Å². The molecule has 2 N–H and O–H groups in total. The number of amides is 1. The van der Waals surface area contributed by atoms with Crippen LogP contribution in [0.3, 0.4) is 0 Å². The molecule has 1 aliphatic rings. The van der Waals surface area contributed by atoms with E-state index in [-0.39, 0.29) is 5.91 Å². The highest BCUT2D eigenvalue weighted by atomic mass is 16.5. The van der Waals surface area contributed by atoms with Gasteiger partial charge in [0, 0.05) is 18.2 Å². The van der Waals surface area contributed by atoms with Crippen LogP contribution in [0.1, 0.15) is 31.2 Å². The Morgan fingerprint density at radius 2 is 2.20 bits per heavy atom. The minimum atomic E-state index is 0.188. The highest BCUT2D eigenvalue weighted by Crippen LogP contribution is 2.23. The lowest BCUT2D eigenvalue weighted by molar-refractivity contribution is -0.134. The summed E-state index contributed by atoms with van der Waals surface area (Å²) in [4.78, 5) is 14.6. The van der Waals surface area contributed by atoms with E-state index >= 15 is 0 Å². The third kappa shape index (κ3) is 3.51. The maximum absolute atomic E-state index is 12.6. The molecule has 1 saturated heterocycles. The third-order valence-electron chi connectivity index (χ3n) is 3.98. The molecule has 1 atom stereocenters. The summed E-state index contributed by atoms with van der Waals surface area (Å²) in [6, 6.07) is 8.04. The molecular formula is C16H24N2O2. The van der Waals surface area contributed by atoms with Crippen molar-refractivity contribution in [3.05, 3.63) is 29.8 Å². The molecule has 1 heterocycles. The lowest BCUT2D eigenvalue weighted by Gasteiger charge is -2.36. The van der Waals surface area contributed by atoms with E-state index in [9.17, 15) is 4.79 Å². The summed E-state index contributed by atoms with van der Waals surface area (Å²) >= 11 is 0. The smallest absolute Gasteiger partial charge is 0.227 e. The van der Waals surface area contributed by atoms with Crippen molar-refractivity contribution in [3.63, 3.8) is 0 Å². The topological polar surface area (TPSA) is 55.6 Å². The zero-order valence-corrected chi connectivity index (χ0v) is 12.2. The lowest BCUT2D eigenvalue weighted by Crippen LogP contribution is -2.45. The molecule has 4 heteroatoms. The van der Waals surface area contributed by atoms with Crippen LogP contribution in [0.15, 0.2) is 24.3 Å². The van der Waals surface area contributed by atoms with Gasteiger partial charge in [-0.2, -0.15) is 0 Å². The van der Waals surface area contributed by atoms with Gasteiger partial charge in [-0.15, -0.1) is 0 Å². The summed E-state index contributed by atoms with van der Waals surface area (Å²) in [7, 11) is 1.64. The number of piperidine rings is 1. The summed E-state index contributed by atoms with van der Waals surface area (Å²) < 4.78 is 5.32. The Balaban J connectivity index is 2.06. The van der Waals surface area contributed by atoms with Crippen LogP contribution < -0.4 is 10.5 Å². The molecule has 0 spiro atoms. The van der Waals surface area contributed by atoms with Crippen molar-refractivity contribution < 1.29 is 9.53 Å². The van der Waals surface area contributed by atoms with Gasteiger partial charge in [0.25, 0.3) is 0 Å². The van der Waals surface area contributed by atoms with Gasteiger partial charge in [-0.05, 0) is 38.3 Å². The SMILES string of the molecule is COc1ccccc1CC(=O)N1CCCCC1CCN. The lowest BCUT2D eigenvalue weighted by atomic mass is 9.98. The Morgan fingerprint density at radius 1 is 1.40 bits per heavy atom. The van der Waals surface area contributed by atoms with Crippen LogP contribution >= 0.6 is 0 Å². The summed E-state index contributed by atoms with van der Waals surface area (Å²) in [6.45, 7) is 1.50. The van der Waals surface area contributed by atoms with Crippen molar-refractivity contribution in [2.24, 2.45) is 5.73 Å². The fourth-order valence-corrected chi connectivity index (χ4v) is 2.93. The first-order valence-corrected chi connectivity index (χ1v) is 7.37. The first-order valence-electron chi connectivity index (χ1n) is 7.37. The van der Waals surface area contributed by atoms with Crippen molar-refractivity contribution in [1.82, 2.24) is 4.90 Å². The molecule has 110 valence electrons. The molecule has 0 radical (unpaired) electrons. The van der Waals surface area contributed by atoms with E-state index in [1.54, 1.807) is 7.11 Å². The minimum absolute atomic E-state index is 0.188. The monoisotopic (exact) mass is 276 g/mol. The van der Waals surface area contributed by atoms with Gasteiger partial charge in [0.1, 0.15) is 5.75 Å². The molecule has 0 bridgehead atoms. The standard InChI is InChI=1S/C16H24N2O2/c1-20-15-8-3-2-6-13(15)12-16(19)18-11-5-4-7-14(18)9-10-17/h2-3,6,8,14H,4-5,7,9-12,17H2,1H3. The number of ether oxygens (including phenoxy) is 1. The van der Waals surface area contributed by atoms with E-state index in [0.717, 1.165) is 37.1 Å². The van der Waals surface area contributed by atoms with Gasteiger partial charge in [-0.25, -0.2) is 0 Å². The maximum atomic E-state index is 12.6. The zero-order valence-electron chi connectivity index (χ0n) is 12.2. The van der Waals surface area contributed by atoms with Gasteiger partial charge in [0.2, 0.25) is 5.91 Å². The third-order valence-corrected chi connectivity index (χ3v) is 3.98. The second kappa shape index (κ2) is 7.29. The number of nitrogens with zero attached hydrogens (tertiary/aromatic N) is 1. The summed E-state index contributed by atoms with van der Waals surface area (Å²) in [5, 5.41) is 0. The first kappa shape index (κ1) is 14.9. The molecule has 1 aromatic rings. The molecule has 1 aliphatic heterocycles. The normalized spacial score (nSPS) is 18.9. The van der Waals surface area contributed by atoms with Crippen molar-refractivity contribution >= 4 is 5.91 Å². The van der Waals surface area contributed by atoms with Crippen LogP contribution in [0.5, 0.6) is 5.75 Å². The number of methoxy groups -OCH3 is 1. The van der Waals surface area contributed by atoms with E-state index in [4.69, 9.17) is 10.5 Å². The van der Waals surface area contributed by atoms with E-state index < -0.39 is 0 Å². The van der Waals surface area contributed by atoms with Gasteiger partial charge < -0.3 is 15.4 Å². The molecule has 1 unspecified atom stereocenters. The van der Waals surface area contributed by atoms with Gasteiger partial charge in [0.15, 0.2) is 0 Å². The molecule has 1 aromatic carbocycles. The summed E-state index contributed by atoms with van der Waals surface area (Å²) in [6.07, 6.45) is 4.68. The molecule has 4 nitrogen and oxygen atoms in total. The molecule has 0 saturated carbocycles.